The Morgan fingerprint density at radius 2 is 1.76 bits per heavy atom. The monoisotopic (exact) mass is 237 g/mol. The smallest absolute Gasteiger partial charge is 0.123 e. The fraction of sp³-hybridized carbons (Fsp3) is 0.571. The minimum absolute atomic E-state index is 0.527. The molecule has 3 heteroatoms. The van der Waals surface area contributed by atoms with Crippen molar-refractivity contribution >= 4 is 0 Å². The highest BCUT2D eigenvalue weighted by atomic mass is 16.5. The number of hydrogen-bond acceptors (Lipinski definition) is 3. The molecule has 0 saturated carbocycles. The number of benzene rings is 1. The van der Waals surface area contributed by atoms with Crippen molar-refractivity contribution in [1.29, 1.82) is 0 Å². The van der Waals surface area contributed by atoms with Gasteiger partial charge in [-0.3, -0.25) is 0 Å². The van der Waals surface area contributed by atoms with E-state index in [1.807, 2.05) is 24.3 Å². The highest BCUT2D eigenvalue weighted by Crippen LogP contribution is 2.20. The number of rotatable bonds is 8. The summed E-state index contributed by atoms with van der Waals surface area (Å²) in [5.74, 6) is 2.31. The van der Waals surface area contributed by atoms with Gasteiger partial charge in [0.05, 0.1) is 6.61 Å². The lowest BCUT2D eigenvalue weighted by Crippen LogP contribution is -2.11. The summed E-state index contributed by atoms with van der Waals surface area (Å²) in [7, 11) is 0. The largest absolute Gasteiger partial charge is 0.493 e. The van der Waals surface area contributed by atoms with Gasteiger partial charge in [0.15, 0.2) is 0 Å². The minimum atomic E-state index is 0.527. The predicted octanol–water partition coefficient (Wildman–Crippen LogP) is 2.84. The van der Waals surface area contributed by atoms with Crippen molar-refractivity contribution < 1.29 is 9.47 Å². The van der Waals surface area contributed by atoms with Crippen molar-refractivity contribution in [3.05, 3.63) is 24.3 Å². The van der Waals surface area contributed by atoms with Gasteiger partial charge in [0.2, 0.25) is 0 Å². The molecule has 3 nitrogen and oxygen atoms in total. The lowest BCUT2D eigenvalue weighted by Gasteiger charge is -2.14. The van der Waals surface area contributed by atoms with E-state index in [1.54, 1.807) is 0 Å². The van der Waals surface area contributed by atoms with E-state index < -0.39 is 0 Å². The van der Waals surface area contributed by atoms with Crippen molar-refractivity contribution in [3.8, 4) is 11.5 Å². The Morgan fingerprint density at radius 1 is 1.12 bits per heavy atom. The summed E-state index contributed by atoms with van der Waals surface area (Å²) >= 11 is 0. The molecule has 1 aromatic carbocycles. The van der Waals surface area contributed by atoms with Gasteiger partial charge >= 0.3 is 0 Å². The van der Waals surface area contributed by atoms with Crippen LogP contribution in [-0.4, -0.2) is 19.8 Å². The normalized spacial score (nSPS) is 10.6. The quantitative estimate of drug-likeness (QED) is 0.756. The lowest BCUT2D eigenvalue weighted by molar-refractivity contribution is 0.239. The summed E-state index contributed by atoms with van der Waals surface area (Å²) < 4.78 is 11.2. The summed E-state index contributed by atoms with van der Waals surface area (Å²) in [6.45, 7) is 6.22. The van der Waals surface area contributed by atoms with Crippen LogP contribution >= 0.6 is 0 Å². The van der Waals surface area contributed by atoms with Crippen molar-refractivity contribution in [3.63, 3.8) is 0 Å². The lowest BCUT2D eigenvalue weighted by atomic mass is 10.1. The summed E-state index contributed by atoms with van der Waals surface area (Å²) in [6, 6.07) is 7.73. The fourth-order valence-electron chi connectivity index (χ4n) is 1.57. The van der Waals surface area contributed by atoms with Crippen LogP contribution in [0, 0.1) is 5.92 Å². The van der Waals surface area contributed by atoms with Gasteiger partial charge in [0.25, 0.3) is 0 Å². The van der Waals surface area contributed by atoms with E-state index in [0.29, 0.717) is 19.1 Å². The average Bonchev–Trinajstić information content (AvgIpc) is 2.38. The second-order valence-electron chi connectivity index (χ2n) is 4.11. The van der Waals surface area contributed by atoms with Crippen LogP contribution in [0.5, 0.6) is 11.5 Å². The third-order valence-electron chi connectivity index (χ3n) is 2.83. The Bertz CT molecular complexity index is 311. The molecule has 1 aromatic rings. The van der Waals surface area contributed by atoms with Gasteiger partial charge in [-0.15, -0.1) is 0 Å². The molecule has 0 atom stereocenters. The molecule has 0 unspecified atom stereocenters. The predicted molar refractivity (Wildman–Crippen MR) is 70.6 cm³/mol. The van der Waals surface area contributed by atoms with Crippen LogP contribution in [0.4, 0.5) is 0 Å². The molecule has 0 aliphatic heterocycles. The molecule has 0 radical (unpaired) electrons. The highest BCUT2D eigenvalue weighted by molar-refractivity contribution is 5.32. The molecular weight excluding hydrogens is 214 g/mol. The molecule has 0 aliphatic rings. The van der Waals surface area contributed by atoms with Crippen molar-refractivity contribution in [2.75, 3.05) is 19.8 Å². The van der Waals surface area contributed by atoms with Crippen molar-refractivity contribution in [2.45, 2.75) is 26.7 Å². The standard InChI is InChI=1S/C14H23NO2/c1-3-12(4-2)11-17-14-7-5-6-13(10-14)16-9-8-15/h5-7,10,12H,3-4,8-9,11,15H2,1-2H3. The van der Waals surface area contributed by atoms with Crippen LogP contribution in [0.3, 0.4) is 0 Å². The number of nitrogens with two attached hydrogens (primary N) is 1. The van der Waals surface area contributed by atoms with E-state index in [2.05, 4.69) is 13.8 Å². The second-order valence-corrected chi connectivity index (χ2v) is 4.11. The van der Waals surface area contributed by atoms with Gasteiger partial charge < -0.3 is 15.2 Å². The van der Waals surface area contributed by atoms with Gasteiger partial charge in [-0.05, 0) is 18.1 Å². The third kappa shape index (κ3) is 5.09. The Morgan fingerprint density at radius 3 is 2.35 bits per heavy atom. The van der Waals surface area contributed by atoms with Crippen LogP contribution in [0.15, 0.2) is 24.3 Å². The van der Waals surface area contributed by atoms with Crippen LogP contribution in [0.1, 0.15) is 26.7 Å². The average molecular weight is 237 g/mol. The zero-order valence-electron chi connectivity index (χ0n) is 10.8. The van der Waals surface area contributed by atoms with E-state index in [1.165, 1.54) is 0 Å². The first kappa shape index (κ1) is 13.8. The van der Waals surface area contributed by atoms with Gasteiger partial charge in [0, 0.05) is 12.6 Å². The van der Waals surface area contributed by atoms with E-state index in [9.17, 15) is 0 Å². The van der Waals surface area contributed by atoms with Crippen LogP contribution in [0.2, 0.25) is 0 Å². The van der Waals surface area contributed by atoms with Crippen molar-refractivity contribution in [1.82, 2.24) is 0 Å². The summed E-state index contributed by atoms with van der Waals surface area (Å²) in [4.78, 5) is 0. The minimum Gasteiger partial charge on any atom is -0.493 e. The first-order chi connectivity index (χ1) is 8.30. The van der Waals surface area contributed by atoms with Crippen LogP contribution < -0.4 is 15.2 Å². The molecule has 0 fully saturated rings. The summed E-state index contributed by atoms with van der Waals surface area (Å²) in [5, 5.41) is 0. The van der Waals surface area contributed by atoms with Gasteiger partial charge in [0.1, 0.15) is 18.1 Å². The zero-order valence-corrected chi connectivity index (χ0v) is 10.8. The highest BCUT2D eigenvalue weighted by Gasteiger charge is 2.04. The first-order valence-corrected chi connectivity index (χ1v) is 6.35. The Balaban J connectivity index is 2.47. The van der Waals surface area contributed by atoms with E-state index in [0.717, 1.165) is 30.9 Å². The second kappa shape index (κ2) is 7.96. The Kier molecular flexibility index (Phi) is 6.48. The third-order valence-corrected chi connectivity index (χ3v) is 2.83. The van der Waals surface area contributed by atoms with Crippen molar-refractivity contribution in [2.24, 2.45) is 11.7 Å². The van der Waals surface area contributed by atoms with Crippen LogP contribution in [0.25, 0.3) is 0 Å². The molecule has 0 aromatic heterocycles. The topological polar surface area (TPSA) is 44.5 Å². The summed E-state index contributed by atoms with van der Waals surface area (Å²) in [6.07, 6.45) is 2.31. The molecule has 0 aliphatic carbocycles. The molecule has 0 amide bonds. The molecule has 0 bridgehead atoms. The molecule has 96 valence electrons. The molecule has 17 heavy (non-hydrogen) atoms. The Hall–Kier alpha value is -1.22. The molecule has 1 rings (SSSR count). The maximum absolute atomic E-state index is 5.76. The van der Waals surface area contributed by atoms with E-state index >= 15 is 0 Å². The van der Waals surface area contributed by atoms with E-state index in [-0.39, 0.29) is 0 Å². The maximum atomic E-state index is 5.76. The Labute approximate surface area is 104 Å². The fourth-order valence-corrected chi connectivity index (χ4v) is 1.57. The molecule has 2 N–H and O–H groups in total. The van der Waals surface area contributed by atoms with Gasteiger partial charge in [-0.1, -0.05) is 32.8 Å². The number of ether oxygens (including phenoxy) is 2. The zero-order chi connectivity index (χ0) is 12.5. The SMILES string of the molecule is CCC(CC)COc1cccc(OCCN)c1. The van der Waals surface area contributed by atoms with Gasteiger partial charge in [-0.2, -0.15) is 0 Å². The van der Waals surface area contributed by atoms with Gasteiger partial charge in [-0.25, -0.2) is 0 Å². The number of hydrogen-bond donors (Lipinski definition) is 1. The summed E-state index contributed by atoms with van der Waals surface area (Å²) in [5.41, 5.74) is 5.39. The van der Waals surface area contributed by atoms with E-state index in [4.69, 9.17) is 15.2 Å². The van der Waals surface area contributed by atoms with Crippen LogP contribution in [-0.2, 0) is 0 Å². The molecule has 0 spiro atoms. The molecule has 0 saturated heterocycles. The first-order valence-electron chi connectivity index (χ1n) is 6.35. The maximum Gasteiger partial charge on any atom is 0.123 e. The molecular formula is C14H23NO2. The molecule has 0 heterocycles.